The third kappa shape index (κ3) is 3.84. The van der Waals surface area contributed by atoms with E-state index in [1.165, 1.54) is 11.8 Å². The van der Waals surface area contributed by atoms with Crippen molar-refractivity contribution in [2.45, 2.75) is 0 Å². The number of rotatable bonds is 1. The molecule has 0 heterocycles. The summed E-state index contributed by atoms with van der Waals surface area (Å²) in [5, 5.41) is 11.6. The van der Waals surface area contributed by atoms with Crippen molar-refractivity contribution in [1.82, 2.24) is 0 Å². The maximum absolute atomic E-state index is 7.40. The topological polar surface area (TPSA) is 35.9 Å². The van der Waals surface area contributed by atoms with Gasteiger partial charge in [-0.25, -0.2) is 0 Å². The predicted octanol–water partition coefficient (Wildman–Crippen LogP) is 4.32. The Bertz CT molecular complexity index is 313. The highest BCUT2D eigenvalue weighted by Crippen LogP contribution is 2.30. The zero-order chi connectivity index (χ0) is 9.84. The summed E-state index contributed by atoms with van der Waals surface area (Å²) in [5.74, 6) is 0. The Morgan fingerprint density at radius 2 is 1.86 bits per heavy atom. The molecule has 0 amide bonds. The van der Waals surface area contributed by atoms with E-state index in [1.54, 1.807) is 24.5 Å². The van der Waals surface area contributed by atoms with Crippen molar-refractivity contribution < 1.29 is 0 Å². The zero-order valence-corrected chi connectivity index (χ0v) is 12.0. The van der Waals surface area contributed by atoms with Crippen molar-refractivity contribution in [3.8, 4) is 0 Å². The molecule has 0 aliphatic carbocycles. The van der Waals surface area contributed by atoms with Crippen molar-refractivity contribution in [1.29, 1.82) is 5.41 Å². The number of thioether (sulfide) groups is 1. The lowest BCUT2D eigenvalue weighted by Crippen LogP contribution is -2.05. The van der Waals surface area contributed by atoms with Crippen LogP contribution in [-0.2, 0) is 0 Å². The summed E-state index contributed by atoms with van der Waals surface area (Å²) in [6.45, 7) is 0. The molecular formula is C8H9Cl2IN2S. The Hall–Kier alpha value is 0.350. The number of hydrogen-bond donors (Lipinski definition) is 2. The van der Waals surface area contributed by atoms with Gasteiger partial charge in [-0.3, -0.25) is 5.41 Å². The summed E-state index contributed by atoms with van der Waals surface area (Å²) in [7, 11) is 0. The van der Waals surface area contributed by atoms with Gasteiger partial charge >= 0.3 is 0 Å². The van der Waals surface area contributed by atoms with Crippen LogP contribution in [0.1, 0.15) is 0 Å². The average molecular weight is 363 g/mol. The molecule has 0 aliphatic rings. The Labute approximate surface area is 114 Å². The van der Waals surface area contributed by atoms with Gasteiger partial charge in [0.05, 0.1) is 15.7 Å². The quantitative estimate of drug-likeness (QED) is 0.443. The third-order valence-electron chi connectivity index (χ3n) is 1.41. The van der Waals surface area contributed by atoms with E-state index in [4.69, 9.17) is 28.6 Å². The van der Waals surface area contributed by atoms with E-state index in [1.807, 2.05) is 0 Å². The molecule has 0 atom stereocenters. The number of nitrogens with one attached hydrogen (secondary N) is 2. The lowest BCUT2D eigenvalue weighted by molar-refractivity contribution is 1.51. The van der Waals surface area contributed by atoms with Crippen molar-refractivity contribution in [3.63, 3.8) is 0 Å². The van der Waals surface area contributed by atoms with Crippen LogP contribution in [0.3, 0.4) is 0 Å². The van der Waals surface area contributed by atoms with Gasteiger partial charge in [0.25, 0.3) is 0 Å². The summed E-state index contributed by atoms with van der Waals surface area (Å²) in [6.07, 6.45) is 1.81. The summed E-state index contributed by atoms with van der Waals surface area (Å²) in [4.78, 5) is 0. The van der Waals surface area contributed by atoms with Crippen LogP contribution in [0.2, 0.25) is 10.0 Å². The molecule has 0 unspecified atom stereocenters. The Morgan fingerprint density at radius 3 is 2.29 bits per heavy atom. The molecule has 0 bridgehead atoms. The van der Waals surface area contributed by atoms with E-state index in [9.17, 15) is 0 Å². The van der Waals surface area contributed by atoms with Gasteiger partial charge in [0.2, 0.25) is 0 Å². The lowest BCUT2D eigenvalue weighted by atomic mass is 10.3. The van der Waals surface area contributed by atoms with Gasteiger partial charge in [-0.1, -0.05) is 41.0 Å². The highest BCUT2D eigenvalue weighted by atomic mass is 127. The van der Waals surface area contributed by atoms with Crippen LogP contribution in [-0.4, -0.2) is 11.4 Å². The number of anilines is 1. The van der Waals surface area contributed by atoms with Gasteiger partial charge in [0.15, 0.2) is 5.17 Å². The summed E-state index contributed by atoms with van der Waals surface area (Å²) < 4.78 is 0. The monoisotopic (exact) mass is 362 g/mol. The summed E-state index contributed by atoms with van der Waals surface area (Å²) in [6, 6.07) is 5.21. The van der Waals surface area contributed by atoms with E-state index in [2.05, 4.69) is 5.32 Å². The number of para-hydroxylation sites is 1. The van der Waals surface area contributed by atoms with Gasteiger partial charge in [-0.2, -0.15) is 0 Å². The second-order valence-corrected chi connectivity index (χ2v) is 3.89. The molecule has 0 saturated heterocycles. The van der Waals surface area contributed by atoms with E-state index in [-0.39, 0.29) is 24.0 Å². The van der Waals surface area contributed by atoms with E-state index < -0.39 is 0 Å². The molecule has 0 saturated carbocycles. The van der Waals surface area contributed by atoms with Crippen molar-refractivity contribution in [2.75, 3.05) is 11.6 Å². The Morgan fingerprint density at radius 1 is 1.36 bits per heavy atom. The van der Waals surface area contributed by atoms with Gasteiger partial charge in [-0.15, -0.1) is 24.0 Å². The minimum absolute atomic E-state index is 0. The molecular weight excluding hydrogens is 354 g/mol. The largest absolute Gasteiger partial charge is 0.333 e. The smallest absolute Gasteiger partial charge is 0.157 e. The number of halogens is 3. The van der Waals surface area contributed by atoms with Crippen molar-refractivity contribution in [2.24, 2.45) is 0 Å². The van der Waals surface area contributed by atoms with Crippen LogP contribution in [0, 0.1) is 5.41 Å². The van der Waals surface area contributed by atoms with Crippen LogP contribution in [0.15, 0.2) is 18.2 Å². The fourth-order valence-electron chi connectivity index (χ4n) is 0.782. The molecule has 1 rings (SSSR count). The summed E-state index contributed by atoms with van der Waals surface area (Å²) >= 11 is 13.0. The SMILES string of the molecule is CSC(=N)Nc1c(Cl)cccc1Cl.I. The molecule has 0 aliphatic heterocycles. The molecule has 0 spiro atoms. The zero-order valence-electron chi connectivity index (χ0n) is 7.30. The highest BCUT2D eigenvalue weighted by Gasteiger charge is 2.05. The second kappa shape index (κ2) is 6.76. The van der Waals surface area contributed by atoms with Gasteiger partial charge in [0.1, 0.15) is 0 Å². The molecule has 6 heteroatoms. The number of hydrogen-bond acceptors (Lipinski definition) is 2. The van der Waals surface area contributed by atoms with Crippen LogP contribution >= 0.6 is 58.9 Å². The molecule has 1 aromatic rings. The van der Waals surface area contributed by atoms with E-state index in [0.29, 0.717) is 20.9 Å². The Kier molecular flexibility index (Phi) is 6.93. The third-order valence-corrected chi connectivity index (χ3v) is 2.55. The number of benzene rings is 1. The molecule has 78 valence electrons. The minimum atomic E-state index is 0. The van der Waals surface area contributed by atoms with Crippen LogP contribution < -0.4 is 5.32 Å². The Balaban J connectivity index is 0.00000169. The normalized spacial score (nSPS) is 9.07. The first kappa shape index (κ1) is 14.3. The predicted molar refractivity (Wildman–Crippen MR) is 76.7 cm³/mol. The fraction of sp³-hybridized carbons (Fsp3) is 0.125. The molecule has 2 nitrogen and oxygen atoms in total. The molecule has 14 heavy (non-hydrogen) atoms. The maximum Gasteiger partial charge on any atom is 0.157 e. The van der Waals surface area contributed by atoms with Crippen LogP contribution in [0.4, 0.5) is 5.69 Å². The maximum atomic E-state index is 7.40. The summed E-state index contributed by atoms with van der Waals surface area (Å²) in [5.41, 5.74) is 0.588. The average Bonchev–Trinajstić information content (AvgIpc) is 2.11. The van der Waals surface area contributed by atoms with Crippen LogP contribution in [0.5, 0.6) is 0 Å². The first-order valence-electron chi connectivity index (χ1n) is 3.48. The standard InChI is InChI=1S/C8H8Cl2N2S.HI/c1-13-8(11)12-7-5(9)3-2-4-6(7)10;/h2-4H,1H3,(H2,11,12);1H. The first-order valence-corrected chi connectivity index (χ1v) is 5.47. The molecule has 0 radical (unpaired) electrons. The molecule has 1 aromatic carbocycles. The fourth-order valence-corrected chi connectivity index (χ4v) is 1.48. The first-order chi connectivity index (χ1) is 6.15. The molecule has 2 N–H and O–H groups in total. The molecule has 0 fully saturated rings. The van der Waals surface area contributed by atoms with Gasteiger partial charge in [-0.05, 0) is 18.4 Å². The second-order valence-electron chi connectivity index (χ2n) is 2.25. The lowest BCUT2D eigenvalue weighted by Gasteiger charge is -2.08. The highest BCUT2D eigenvalue weighted by molar-refractivity contribution is 14.0. The minimum Gasteiger partial charge on any atom is -0.333 e. The van der Waals surface area contributed by atoms with Gasteiger partial charge < -0.3 is 5.32 Å². The van der Waals surface area contributed by atoms with Crippen LogP contribution in [0.25, 0.3) is 0 Å². The van der Waals surface area contributed by atoms with Crippen molar-refractivity contribution in [3.05, 3.63) is 28.2 Å². The van der Waals surface area contributed by atoms with E-state index in [0.717, 1.165) is 0 Å². The van der Waals surface area contributed by atoms with Crippen molar-refractivity contribution >= 4 is 69.8 Å². The van der Waals surface area contributed by atoms with Gasteiger partial charge in [0, 0.05) is 0 Å². The van der Waals surface area contributed by atoms with E-state index >= 15 is 0 Å². The molecule has 0 aromatic heterocycles. The number of amidine groups is 1.